The van der Waals surface area contributed by atoms with Crippen molar-refractivity contribution in [1.82, 2.24) is 0 Å². The summed E-state index contributed by atoms with van der Waals surface area (Å²) in [7, 11) is -7.36. The molecule has 2 heterocycles. The lowest BCUT2D eigenvalue weighted by atomic mass is 9.98. The van der Waals surface area contributed by atoms with E-state index in [1.807, 2.05) is 0 Å². The van der Waals surface area contributed by atoms with Crippen molar-refractivity contribution in [1.29, 1.82) is 0 Å². The molecule has 0 spiro atoms. The fraction of sp³-hybridized carbons (Fsp3) is 0.188. The minimum absolute atomic E-state index is 0.0661. The summed E-state index contributed by atoms with van der Waals surface area (Å²) in [5.41, 5.74) is -1.93. The molecule has 4 rings (SSSR count). The van der Waals surface area contributed by atoms with Crippen LogP contribution in [0, 0.1) is 0 Å². The predicted molar refractivity (Wildman–Crippen MR) is 89.1 cm³/mol. The molecule has 2 aliphatic heterocycles. The summed E-state index contributed by atoms with van der Waals surface area (Å²) in [4.78, 5) is 11.8. The molecule has 8 nitrogen and oxygen atoms in total. The molecule has 2 aromatic carbocycles. The van der Waals surface area contributed by atoms with Gasteiger partial charge in [-0.3, -0.25) is 4.79 Å². The third-order valence-corrected chi connectivity index (χ3v) is 7.58. The molecule has 0 saturated carbocycles. The number of nitrogens with zero attached hydrogens (tertiary/aromatic N) is 1. The van der Waals surface area contributed by atoms with Crippen molar-refractivity contribution in [2.24, 2.45) is 0 Å². The van der Waals surface area contributed by atoms with Gasteiger partial charge in [-0.25, -0.2) is 16.9 Å². The van der Waals surface area contributed by atoms with E-state index in [2.05, 4.69) is 4.74 Å². The van der Waals surface area contributed by atoms with Gasteiger partial charge < -0.3 is 4.74 Å². The standard InChI is InChI=1S/C16H13NO7S2/c1-23-15(18)10-16-13-7-2-3-8-14(13)25(19,20)17(16)11-5-4-6-12(9-11)26(21,22)24-16/h2-9H,10H2,1H3. The molecule has 0 aromatic heterocycles. The maximum absolute atomic E-state index is 13.2. The van der Waals surface area contributed by atoms with Gasteiger partial charge in [0.1, 0.15) is 6.42 Å². The molecule has 0 fully saturated rings. The predicted octanol–water partition coefficient (Wildman–Crippen LogP) is 1.33. The van der Waals surface area contributed by atoms with Gasteiger partial charge in [0.15, 0.2) is 0 Å². The summed E-state index contributed by atoms with van der Waals surface area (Å²) in [6, 6.07) is 11.2. The van der Waals surface area contributed by atoms with Gasteiger partial charge in [0.05, 0.1) is 22.6 Å². The molecule has 0 saturated heterocycles. The van der Waals surface area contributed by atoms with E-state index in [1.54, 1.807) is 6.07 Å². The molecule has 0 aliphatic carbocycles. The summed E-state index contributed by atoms with van der Waals surface area (Å²) in [6.07, 6.45) is -0.628. The van der Waals surface area contributed by atoms with Gasteiger partial charge in [-0.2, -0.15) is 8.42 Å². The average Bonchev–Trinajstić information content (AvgIpc) is 2.74. The topological polar surface area (TPSA) is 107 Å². The quantitative estimate of drug-likeness (QED) is 0.558. The second kappa shape index (κ2) is 5.29. The monoisotopic (exact) mass is 395 g/mol. The first-order valence-electron chi connectivity index (χ1n) is 7.50. The normalized spacial score (nSPS) is 24.3. The van der Waals surface area contributed by atoms with Gasteiger partial charge in [0.2, 0.25) is 5.72 Å². The summed E-state index contributed by atoms with van der Waals surface area (Å²) < 4.78 is 62.7. The lowest BCUT2D eigenvalue weighted by Crippen LogP contribution is -2.48. The molecule has 10 heteroatoms. The van der Waals surface area contributed by atoms with Crippen LogP contribution in [-0.4, -0.2) is 29.9 Å². The van der Waals surface area contributed by atoms with E-state index < -0.39 is 38.3 Å². The molecule has 2 aromatic rings. The first-order valence-corrected chi connectivity index (χ1v) is 10.3. The number of ether oxygens (including phenoxy) is 1. The van der Waals surface area contributed by atoms with Crippen LogP contribution in [-0.2, 0) is 39.6 Å². The highest BCUT2D eigenvalue weighted by atomic mass is 32.2. The molecule has 0 radical (unpaired) electrons. The summed E-state index contributed by atoms with van der Waals surface area (Å²) in [5.74, 6) is -0.813. The Balaban J connectivity index is 2.12. The molecule has 2 aliphatic rings. The van der Waals surface area contributed by atoms with Gasteiger partial charge >= 0.3 is 5.97 Å². The van der Waals surface area contributed by atoms with Crippen LogP contribution in [0.3, 0.4) is 0 Å². The number of rotatable bonds is 2. The molecular formula is C16H13NO7S2. The van der Waals surface area contributed by atoms with Crippen molar-refractivity contribution in [3.8, 4) is 0 Å². The average molecular weight is 395 g/mol. The first-order chi connectivity index (χ1) is 12.2. The van der Waals surface area contributed by atoms with Crippen LogP contribution in [0.15, 0.2) is 58.3 Å². The lowest BCUT2D eigenvalue weighted by molar-refractivity contribution is -0.144. The number of esters is 1. The Morgan fingerprint density at radius 3 is 2.58 bits per heavy atom. The van der Waals surface area contributed by atoms with E-state index >= 15 is 0 Å². The van der Waals surface area contributed by atoms with E-state index in [0.717, 1.165) is 11.4 Å². The minimum atomic E-state index is -4.33. The van der Waals surface area contributed by atoms with Crippen LogP contribution < -0.4 is 4.31 Å². The Morgan fingerprint density at radius 2 is 1.85 bits per heavy atom. The maximum Gasteiger partial charge on any atom is 0.310 e. The zero-order valence-corrected chi connectivity index (χ0v) is 15.1. The number of anilines is 1. The van der Waals surface area contributed by atoms with Gasteiger partial charge in [0, 0.05) is 5.56 Å². The minimum Gasteiger partial charge on any atom is -0.469 e. The molecular weight excluding hydrogens is 382 g/mol. The van der Waals surface area contributed by atoms with E-state index in [-0.39, 0.29) is 21.0 Å². The van der Waals surface area contributed by atoms with Gasteiger partial charge in [-0.05, 0) is 24.3 Å². The van der Waals surface area contributed by atoms with Crippen molar-refractivity contribution in [2.45, 2.75) is 21.9 Å². The highest BCUT2D eigenvalue weighted by Gasteiger charge is 2.60. The fourth-order valence-corrected chi connectivity index (χ4v) is 6.47. The smallest absolute Gasteiger partial charge is 0.310 e. The lowest BCUT2D eigenvalue weighted by Gasteiger charge is -2.34. The number of hydrogen-bond acceptors (Lipinski definition) is 7. The second-order valence-electron chi connectivity index (χ2n) is 5.84. The largest absolute Gasteiger partial charge is 0.469 e. The van der Waals surface area contributed by atoms with Crippen molar-refractivity contribution in [2.75, 3.05) is 11.4 Å². The van der Waals surface area contributed by atoms with Crippen LogP contribution in [0.5, 0.6) is 0 Å². The van der Waals surface area contributed by atoms with Gasteiger partial charge in [-0.15, -0.1) is 0 Å². The molecule has 0 amide bonds. The SMILES string of the molecule is COC(=O)CC12OS(=O)(=O)c3cccc(c3)N1S(=O)(=O)c1ccccc12. The van der Waals surface area contributed by atoms with Crippen LogP contribution in [0.4, 0.5) is 5.69 Å². The molecule has 0 N–H and O–H groups in total. The number of sulfonamides is 1. The second-order valence-corrected chi connectivity index (χ2v) is 9.14. The molecule has 2 bridgehead atoms. The van der Waals surface area contributed by atoms with Crippen molar-refractivity contribution in [3.63, 3.8) is 0 Å². The molecule has 1 atom stereocenters. The Bertz CT molecular complexity index is 1140. The van der Waals surface area contributed by atoms with Gasteiger partial charge in [-0.1, -0.05) is 24.3 Å². The maximum atomic E-state index is 13.2. The number of benzene rings is 2. The Labute approximate surface area is 150 Å². The van der Waals surface area contributed by atoms with E-state index in [9.17, 15) is 21.6 Å². The Kier molecular flexibility index (Phi) is 3.46. The zero-order chi connectivity index (χ0) is 18.7. The molecule has 1 unspecified atom stereocenters. The number of carbonyl (C=O) groups is 1. The molecule has 136 valence electrons. The zero-order valence-electron chi connectivity index (χ0n) is 13.4. The summed E-state index contributed by atoms with van der Waals surface area (Å²) in [5, 5.41) is 0. The summed E-state index contributed by atoms with van der Waals surface area (Å²) >= 11 is 0. The summed E-state index contributed by atoms with van der Waals surface area (Å²) in [6.45, 7) is 0. The third kappa shape index (κ3) is 2.12. The molecule has 26 heavy (non-hydrogen) atoms. The van der Waals surface area contributed by atoms with Crippen molar-refractivity contribution < 1.29 is 30.6 Å². The Morgan fingerprint density at radius 1 is 1.12 bits per heavy atom. The van der Waals surface area contributed by atoms with Crippen LogP contribution in [0.1, 0.15) is 12.0 Å². The van der Waals surface area contributed by atoms with E-state index in [1.165, 1.54) is 42.5 Å². The van der Waals surface area contributed by atoms with Gasteiger partial charge in [0.25, 0.3) is 20.1 Å². The first kappa shape index (κ1) is 17.0. The van der Waals surface area contributed by atoms with Crippen LogP contribution >= 0.6 is 0 Å². The van der Waals surface area contributed by atoms with Crippen LogP contribution in [0.25, 0.3) is 0 Å². The number of carbonyl (C=O) groups excluding carboxylic acids is 1. The Hall–Kier alpha value is -2.43. The van der Waals surface area contributed by atoms with Crippen molar-refractivity contribution >= 4 is 31.8 Å². The van der Waals surface area contributed by atoms with Crippen molar-refractivity contribution in [3.05, 3.63) is 54.1 Å². The van der Waals surface area contributed by atoms with E-state index in [0.29, 0.717) is 0 Å². The highest BCUT2D eigenvalue weighted by Crippen LogP contribution is 2.52. The van der Waals surface area contributed by atoms with E-state index in [4.69, 9.17) is 4.18 Å². The highest BCUT2D eigenvalue weighted by molar-refractivity contribution is 7.93. The third-order valence-electron chi connectivity index (χ3n) is 4.35. The number of hydrogen-bond donors (Lipinski definition) is 0. The van der Waals surface area contributed by atoms with Crippen LogP contribution in [0.2, 0.25) is 0 Å². The fourth-order valence-electron chi connectivity index (χ4n) is 3.30. The number of fused-ring (bicyclic) bond motifs is 6. The number of methoxy groups -OCH3 is 1.